The summed E-state index contributed by atoms with van der Waals surface area (Å²) >= 11 is 0. The summed E-state index contributed by atoms with van der Waals surface area (Å²) in [7, 11) is -4.20. The van der Waals surface area contributed by atoms with Crippen molar-refractivity contribution in [2.75, 3.05) is 19.6 Å². The highest BCUT2D eigenvalue weighted by Gasteiger charge is 2.41. The number of amides is 3. The van der Waals surface area contributed by atoms with Crippen LogP contribution in [-0.4, -0.2) is 76.0 Å². The van der Waals surface area contributed by atoms with Gasteiger partial charge in [-0.15, -0.1) is 0 Å². The van der Waals surface area contributed by atoms with Crippen LogP contribution in [0.15, 0.2) is 71.9 Å². The largest absolute Gasteiger partial charge is 0.480 e. The lowest BCUT2D eigenvalue weighted by molar-refractivity contribution is -0.144. The van der Waals surface area contributed by atoms with Crippen molar-refractivity contribution in [1.82, 2.24) is 24.5 Å². The fourth-order valence-corrected chi connectivity index (χ4v) is 9.02. The monoisotopic (exact) mass is 713 g/mol. The van der Waals surface area contributed by atoms with E-state index in [2.05, 4.69) is 28.3 Å². The van der Waals surface area contributed by atoms with Gasteiger partial charge in [0.05, 0.1) is 12.1 Å². The maximum Gasteiger partial charge on any atom is 0.323 e. The number of carboxylic acids is 1. The smallest absolute Gasteiger partial charge is 0.323 e. The van der Waals surface area contributed by atoms with Crippen LogP contribution in [0.2, 0.25) is 0 Å². The number of rotatable bonds is 12. The van der Waals surface area contributed by atoms with E-state index >= 15 is 0 Å². The Kier molecular flexibility index (Phi) is 10.9. The van der Waals surface area contributed by atoms with E-state index in [4.69, 9.17) is 0 Å². The molecule has 51 heavy (non-hydrogen) atoms. The molecule has 268 valence electrons. The Morgan fingerprint density at radius 3 is 2.27 bits per heavy atom. The number of aromatic nitrogens is 2. The summed E-state index contributed by atoms with van der Waals surface area (Å²) in [6, 6.07) is 12.8. The number of hydrogen-bond acceptors (Lipinski definition) is 8. The van der Waals surface area contributed by atoms with Gasteiger partial charge in [-0.3, -0.25) is 19.2 Å². The molecular formula is C38H43N5O7S. The van der Waals surface area contributed by atoms with Crippen molar-refractivity contribution < 1.29 is 32.7 Å². The summed E-state index contributed by atoms with van der Waals surface area (Å²) in [6.07, 6.45) is 16.3. The first-order valence-corrected chi connectivity index (χ1v) is 19.0. The lowest BCUT2D eigenvalue weighted by Gasteiger charge is -2.35. The third-order valence-electron chi connectivity index (χ3n) is 10.5. The number of nitrogens with zero attached hydrogens (tertiary/aromatic N) is 4. The SMILES string of the molecule is CC[C@H]1CC[C@H](C2CC=C(c3cnc(-c4ccc(CN(CC(=O)O)C(=O)CNC(=O)CN5C(=O)c6ccccc6S5(=O)=O)cc4)nc3)CC2)CC1. The molecule has 1 fully saturated rings. The molecule has 1 aromatic heterocycles. The molecule has 13 heteroatoms. The standard InChI is InChI=1S/C38H43N5O7S/c1-2-25-7-11-27(12-8-25)28-15-17-29(18-16-28)31-19-40-37(41-20-31)30-13-9-26(10-14-30)22-42(24-36(46)47)35(45)21-39-34(44)23-43-38(48)32-5-3-4-6-33(32)51(43,49)50/h3-6,9-10,13-14,17,19-20,25,27-28H,2,7-8,11-12,15-16,18,21-24H2,1H3,(H,39,44)(H,46,47)/t25-,27-,28?. The van der Waals surface area contributed by atoms with Crippen molar-refractivity contribution in [2.45, 2.75) is 69.7 Å². The summed E-state index contributed by atoms with van der Waals surface area (Å²) in [5.74, 6) is -0.562. The van der Waals surface area contributed by atoms with Crippen LogP contribution in [0.3, 0.4) is 0 Å². The van der Waals surface area contributed by atoms with Crippen molar-refractivity contribution in [3.05, 3.63) is 83.7 Å². The lowest BCUT2D eigenvalue weighted by atomic mass is 9.71. The number of sulfonamides is 1. The highest BCUT2D eigenvalue weighted by atomic mass is 32.2. The summed E-state index contributed by atoms with van der Waals surface area (Å²) in [5.41, 5.74) is 3.72. The first-order valence-electron chi connectivity index (χ1n) is 17.6. The second-order valence-electron chi connectivity index (χ2n) is 13.7. The number of aliphatic carboxylic acids is 1. The fraction of sp³-hybridized carbons (Fsp3) is 0.421. The van der Waals surface area contributed by atoms with Crippen molar-refractivity contribution in [1.29, 1.82) is 0 Å². The van der Waals surface area contributed by atoms with E-state index in [1.54, 1.807) is 24.3 Å². The quantitative estimate of drug-likeness (QED) is 0.265. The molecular weight excluding hydrogens is 671 g/mol. The molecule has 3 aliphatic rings. The number of carbonyl (C=O) groups is 4. The van der Waals surface area contributed by atoms with E-state index in [-0.39, 0.29) is 17.0 Å². The predicted molar refractivity (Wildman–Crippen MR) is 189 cm³/mol. The molecule has 3 aromatic rings. The van der Waals surface area contributed by atoms with Gasteiger partial charge in [0, 0.05) is 30.1 Å². The Labute approximate surface area is 298 Å². The normalized spacial score (nSPS) is 21.0. The Morgan fingerprint density at radius 1 is 0.941 bits per heavy atom. The van der Waals surface area contributed by atoms with E-state index in [1.807, 2.05) is 12.4 Å². The first-order chi connectivity index (χ1) is 24.5. The number of hydrogen-bond donors (Lipinski definition) is 2. The molecule has 0 bridgehead atoms. The molecule has 2 heterocycles. The average molecular weight is 714 g/mol. The number of carbonyl (C=O) groups excluding carboxylic acids is 3. The van der Waals surface area contributed by atoms with Crippen LogP contribution >= 0.6 is 0 Å². The van der Waals surface area contributed by atoms with Gasteiger partial charge >= 0.3 is 5.97 Å². The molecule has 0 radical (unpaired) electrons. The van der Waals surface area contributed by atoms with Gasteiger partial charge in [-0.25, -0.2) is 22.7 Å². The minimum atomic E-state index is -4.20. The van der Waals surface area contributed by atoms with E-state index in [9.17, 15) is 32.7 Å². The Balaban J connectivity index is 1.01. The molecule has 1 aliphatic heterocycles. The molecule has 3 amide bonds. The Hall–Kier alpha value is -4.91. The Bertz CT molecular complexity index is 1920. The third-order valence-corrected chi connectivity index (χ3v) is 12.3. The van der Waals surface area contributed by atoms with Crippen LogP contribution in [0.1, 0.15) is 79.8 Å². The maximum atomic E-state index is 13.0. The molecule has 0 spiro atoms. The van der Waals surface area contributed by atoms with Gasteiger partial charge in [0.25, 0.3) is 15.9 Å². The van der Waals surface area contributed by atoms with Gasteiger partial charge in [-0.1, -0.05) is 68.7 Å². The minimum Gasteiger partial charge on any atom is -0.480 e. The molecule has 1 saturated carbocycles. The van der Waals surface area contributed by atoms with Crippen molar-refractivity contribution in [3.63, 3.8) is 0 Å². The van der Waals surface area contributed by atoms with Gasteiger partial charge in [-0.05, 0) is 73.1 Å². The zero-order chi connectivity index (χ0) is 36.1. The van der Waals surface area contributed by atoms with Gasteiger partial charge < -0.3 is 15.3 Å². The number of benzene rings is 2. The van der Waals surface area contributed by atoms with Crippen molar-refractivity contribution in [3.8, 4) is 11.4 Å². The molecule has 6 rings (SSSR count). The number of carboxylic acid groups (broad SMARTS) is 1. The van der Waals surface area contributed by atoms with E-state index < -0.39 is 53.3 Å². The van der Waals surface area contributed by atoms with Crippen LogP contribution in [0.5, 0.6) is 0 Å². The summed E-state index contributed by atoms with van der Waals surface area (Å²) in [5, 5.41) is 11.7. The number of allylic oxidation sites excluding steroid dienone is 2. The fourth-order valence-electron chi connectivity index (χ4n) is 7.49. The number of fused-ring (bicyclic) bond motifs is 1. The molecule has 2 aliphatic carbocycles. The molecule has 2 aromatic carbocycles. The highest BCUT2D eigenvalue weighted by Crippen LogP contribution is 2.41. The zero-order valence-corrected chi connectivity index (χ0v) is 29.5. The minimum absolute atomic E-state index is 0.0340. The van der Waals surface area contributed by atoms with Crippen molar-refractivity contribution >= 4 is 39.3 Å². The molecule has 1 unspecified atom stereocenters. The summed E-state index contributed by atoms with van der Waals surface area (Å²) in [6.45, 7) is 0.236. The topological polar surface area (TPSA) is 167 Å². The Morgan fingerprint density at radius 2 is 1.65 bits per heavy atom. The second kappa shape index (κ2) is 15.5. The van der Waals surface area contributed by atoms with Crippen LogP contribution in [0.4, 0.5) is 0 Å². The van der Waals surface area contributed by atoms with Crippen LogP contribution in [-0.2, 0) is 31.0 Å². The maximum absolute atomic E-state index is 13.0. The number of nitrogens with one attached hydrogen (secondary N) is 1. The van der Waals surface area contributed by atoms with Crippen LogP contribution in [0.25, 0.3) is 17.0 Å². The molecule has 2 N–H and O–H groups in total. The van der Waals surface area contributed by atoms with Crippen molar-refractivity contribution in [2.24, 2.45) is 17.8 Å². The van der Waals surface area contributed by atoms with E-state index in [0.717, 1.165) is 46.6 Å². The molecule has 12 nitrogen and oxygen atoms in total. The molecule has 1 atom stereocenters. The van der Waals surface area contributed by atoms with Gasteiger partial charge in [0.2, 0.25) is 11.8 Å². The second-order valence-corrected chi connectivity index (χ2v) is 15.5. The lowest BCUT2D eigenvalue weighted by Crippen LogP contribution is -2.45. The third kappa shape index (κ3) is 8.19. The zero-order valence-electron chi connectivity index (χ0n) is 28.7. The average Bonchev–Trinajstić information content (AvgIpc) is 3.34. The van der Waals surface area contributed by atoms with E-state index in [0.29, 0.717) is 15.7 Å². The van der Waals surface area contributed by atoms with Gasteiger partial charge in [-0.2, -0.15) is 0 Å². The highest BCUT2D eigenvalue weighted by molar-refractivity contribution is 7.90. The predicted octanol–water partition coefficient (Wildman–Crippen LogP) is 4.92. The van der Waals surface area contributed by atoms with Crippen LogP contribution < -0.4 is 5.32 Å². The van der Waals surface area contributed by atoms with E-state index in [1.165, 1.54) is 68.4 Å². The van der Waals surface area contributed by atoms with Gasteiger partial charge in [0.15, 0.2) is 5.82 Å². The summed E-state index contributed by atoms with van der Waals surface area (Å²) in [4.78, 5) is 59.9. The molecule has 0 saturated heterocycles. The van der Waals surface area contributed by atoms with Gasteiger partial charge in [0.1, 0.15) is 18.0 Å². The summed E-state index contributed by atoms with van der Waals surface area (Å²) < 4.78 is 25.9. The first kappa shape index (κ1) is 35.9. The van der Waals surface area contributed by atoms with Crippen LogP contribution in [0, 0.1) is 17.8 Å².